The van der Waals surface area contributed by atoms with Crippen LogP contribution in [0.15, 0.2) is 96.6 Å². The zero-order valence-electron chi connectivity index (χ0n) is 19.3. The fourth-order valence-corrected chi connectivity index (χ4v) is 4.55. The van der Waals surface area contributed by atoms with Crippen molar-refractivity contribution in [2.45, 2.75) is 6.04 Å². The number of benzene rings is 4. The number of Topliss-reactive ketones (excluding diaryl/α,β-unsaturated/α-hetero) is 1. The summed E-state index contributed by atoms with van der Waals surface area (Å²) in [5, 5.41) is 13.2. The van der Waals surface area contributed by atoms with Crippen LogP contribution in [0.5, 0.6) is 11.5 Å². The summed E-state index contributed by atoms with van der Waals surface area (Å²) >= 11 is 0. The molecule has 4 aromatic carbocycles. The Morgan fingerprint density at radius 1 is 0.800 bits per heavy atom. The molecule has 4 aromatic rings. The Labute approximate surface area is 202 Å². The van der Waals surface area contributed by atoms with E-state index in [-0.39, 0.29) is 11.3 Å². The summed E-state index contributed by atoms with van der Waals surface area (Å²) in [6, 6.07) is 26.4. The smallest absolute Gasteiger partial charge is 0.300 e. The number of amides is 1. The summed E-state index contributed by atoms with van der Waals surface area (Å²) in [7, 11) is 3.09. The molecule has 174 valence electrons. The topological polar surface area (TPSA) is 76.1 Å². The van der Waals surface area contributed by atoms with Crippen LogP contribution in [0, 0.1) is 0 Å². The molecule has 1 N–H and O–H groups in total. The van der Waals surface area contributed by atoms with Gasteiger partial charge in [0.1, 0.15) is 17.3 Å². The van der Waals surface area contributed by atoms with Crippen LogP contribution in [0.4, 0.5) is 5.69 Å². The van der Waals surface area contributed by atoms with Gasteiger partial charge >= 0.3 is 0 Å². The van der Waals surface area contributed by atoms with Gasteiger partial charge in [-0.2, -0.15) is 0 Å². The number of anilines is 1. The van der Waals surface area contributed by atoms with Gasteiger partial charge in [0.2, 0.25) is 0 Å². The summed E-state index contributed by atoms with van der Waals surface area (Å²) in [5.41, 5.74) is 1.68. The molecule has 6 nitrogen and oxygen atoms in total. The van der Waals surface area contributed by atoms with Gasteiger partial charge in [-0.05, 0) is 52.7 Å². The van der Waals surface area contributed by atoms with E-state index in [0.717, 1.165) is 16.3 Å². The molecule has 5 rings (SSSR count). The molecule has 1 fully saturated rings. The number of ketones is 1. The third-order valence-electron chi connectivity index (χ3n) is 6.26. The molecule has 35 heavy (non-hydrogen) atoms. The van der Waals surface area contributed by atoms with Crippen LogP contribution in [0.1, 0.15) is 17.2 Å². The van der Waals surface area contributed by atoms with Crippen molar-refractivity contribution >= 4 is 33.9 Å². The van der Waals surface area contributed by atoms with Gasteiger partial charge in [-0.3, -0.25) is 14.5 Å². The summed E-state index contributed by atoms with van der Waals surface area (Å²) in [6.07, 6.45) is 0. The number of carbonyl (C=O) groups is 2. The van der Waals surface area contributed by atoms with Crippen LogP contribution >= 0.6 is 0 Å². The van der Waals surface area contributed by atoms with Gasteiger partial charge in [0.25, 0.3) is 11.7 Å². The first-order chi connectivity index (χ1) is 17.0. The van der Waals surface area contributed by atoms with Gasteiger partial charge in [0.05, 0.1) is 25.8 Å². The quantitative estimate of drug-likeness (QED) is 0.240. The fraction of sp³-hybridized carbons (Fsp3) is 0.103. The highest BCUT2D eigenvalue weighted by atomic mass is 16.5. The van der Waals surface area contributed by atoms with Gasteiger partial charge in [0.15, 0.2) is 0 Å². The van der Waals surface area contributed by atoms with Crippen molar-refractivity contribution in [2.24, 2.45) is 0 Å². The highest BCUT2D eigenvalue weighted by Crippen LogP contribution is 2.44. The highest BCUT2D eigenvalue weighted by Gasteiger charge is 2.47. The van der Waals surface area contributed by atoms with Crippen molar-refractivity contribution in [3.8, 4) is 11.5 Å². The van der Waals surface area contributed by atoms with Crippen molar-refractivity contribution in [3.05, 3.63) is 108 Å². The van der Waals surface area contributed by atoms with Crippen LogP contribution < -0.4 is 14.4 Å². The van der Waals surface area contributed by atoms with Crippen LogP contribution in [-0.2, 0) is 9.59 Å². The number of carbonyl (C=O) groups excluding carboxylic acids is 2. The number of hydrogen-bond donors (Lipinski definition) is 1. The highest BCUT2D eigenvalue weighted by molar-refractivity contribution is 6.51. The van der Waals surface area contributed by atoms with Crippen molar-refractivity contribution in [1.82, 2.24) is 0 Å². The van der Waals surface area contributed by atoms with E-state index in [1.807, 2.05) is 42.5 Å². The maximum Gasteiger partial charge on any atom is 0.300 e. The molecular formula is C29H23NO5. The Kier molecular flexibility index (Phi) is 5.71. The van der Waals surface area contributed by atoms with E-state index in [1.54, 1.807) is 55.6 Å². The molecule has 0 aromatic heterocycles. The molecular weight excluding hydrogens is 442 g/mol. The Morgan fingerprint density at radius 2 is 1.49 bits per heavy atom. The number of aliphatic hydroxyl groups is 1. The first-order valence-corrected chi connectivity index (χ1v) is 11.1. The van der Waals surface area contributed by atoms with Gasteiger partial charge in [-0.15, -0.1) is 0 Å². The normalized spacial score (nSPS) is 17.1. The van der Waals surface area contributed by atoms with Gasteiger partial charge < -0.3 is 14.6 Å². The fourth-order valence-electron chi connectivity index (χ4n) is 4.55. The van der Waals surface area contributed by atoms with Crippen molar-refractivity contribution in [1.29, 1.82) is 0 Å². The zero-order valence-corrected chi connectivity index (χ0v) is 19.3. The number of aliphatic hydroxyl groups excluding tert-OH is 1. The molecule has 0 aliphatic carbocycles. The SMILES string of the molecule is COc1ccc(N2C(=O)C(=O)/C(=C(\O)c3cccc(OC)c3)C2c2cccc3ccccc23)cc1. The molecule has 1 heterocycles. The number of hydrogen-bond acceptors (Lipinski definition) is 5. The molecule has 0 saturated carbocycles. The first-order valence-electron chi connectivity index (χ1n) is 11.1. The average molecular weight is 466 g/mol. The van der Waals surface area contributed by atoms with E-state index in [9.17, 15) is 14.7 Å². The van der Waals surface area contributed by atoms with Crippen molar-refractivity contribution in [2.75, 3.05) is 19.1 Å². The minimum atomic E-state index is -0.833. The molecule has 1 aliphatic rings. The molecule has 0 bridgehead atoms. The van der Waals surface area contributed by atoms with E-state index in [1.165, 1.54) is 12.0 Å². The number of nitrogens with zero attached hydrogens (tertiary/aromatic N) is 1. The molecule has 1 atom stereocenters. The van der Waals surface area contributed by atoms with Crippen LogP contribution in [0.2, 0.25) is 0 Å². The summed E-state index contributed by atoms with van der Waals surface area (Å²) < 4.78 is 10.5. The van der Waals surface area contributed by atoms with Crippen LogP contribution in [0.3, 0.4) is 0 Å². The predicted octanol–water partition coefficient (Wildman–Crippen LogP) is 5.48. The minimum Gasteiger partial charge on any atom is -0.507 e. The largest absolute Gasteiger partial charge is 0.507 e. The number of methoxy groups -OCH3 is 2. The second-order valence-corrected chi connectivity index (χ2v) is 8.17. The number of fused-ring (bicyclic) bond motifs is 1. The average Bonchev–Trinajstić information content (AvgIpc) is 3.17. The lowest BCUT2D eigenvalue weighted by atomic mass is 9.91. The molecule has 6 heteroatoms. The first kappa shape index (κ1) is 22.2. The number of rotatable bonds is 5. The van der Waals surface area contributed by atoms with Gasteiger partial charge in [-0.1, -0.05) is 54.6 Å². The van der Waals surface area contributed by atoms with E-state index < -0.39 is 17.7 Å². The van der Waals surface area contributed by atoms with E-state index in [0.29, 0.717) is 22.7 Å². The van der Waals surface area contributed by atoms with E-state index in [4.69, 9.17) is 9.47 Å². The third kappa shape index (κ3) is 3.79. The molecule has 1 unspecified atom stereocenters. The van der Waals surface area contributed by atoms with Crippen LogP contribution in [-0.4, -0.2) is 31.0 Å². The third-order valence-corrected chi connectivity index (χ3v) is 6.26. The summed E-state index contributed by atoms with van der Waals surface area (Å²) in [6.45, 7) is 0. The molecule has 0 spiro atoms. The van der Waals surface area contributed by atoms with E-state index in [2.05, 4.69) is 0 Å². The zero-order chi connectivity index (χ0) is 24.5. The standard InChI is InChI=1S/C29H23NO5/c1-34-21-15-13-20(14-16-21)30-26(24-12-6-8-18-7-3-4-11-23(18)24)25(28(32)29(30)33)27(31)19-9-5-10-22(17-19)35-2/h3-17,26,31H,1-2H3/b27-25-. The Bertz CT molecular complexity index is 1470. The van der Waals surface area contributed by atoms with Crippen LogP contribution in [0.25, 0.3) is 16.5 Å². The predicted molar refractivity (Wildman–Crippen MR) is 135 cm³/mol. The second-order valence-electron chi connectivity index (χ2n) is 8.17. The van der Waals surface area contributed by atoms with Gasteiger partial charge in [-0.25, -0.2) is 0 Å². The maximum atomic E-state index is 13.4. The molecule has 1 amide bonds. The number of ether oxygens (including phenoxy) is 2. The second kappa shape index (κ2) is 8.99. The lowest BCUT2D eigenvalue weighted by Gasteiger charge is -2.26. The Balaban J connectivity index is 1.78. The summed E-state index contributed by atoms with van der Waals surface area (Å²) in [4.78, 5) is 28.3. The molecule has 1 saturated heterocycles. The maximum absolute atomic E-state index is 13.4. The lowest BCUT2D eigenvalue weighted by molar-refractivity contribution is -0.132. The minimum absolute atomic E-state index is 0.0235. The molecule has 1 aliphatic heterocycles. The lowest BCUT2D eigenvalue weighted by Crippen LogP contribution is -2.29. The summed E-state index contributed by atoms with van der Waals surface area (Å²) in [5.74, 6) is -0.559. The monoisotopic (exact) mass is 465 g/mol. The Hall–Kier alpha value is -4.58. The molecule has 0 radical (unpaired) electrons. The van der Waals surface area contributed by atoms with E-state index >= 15 is 0 Å². The van der Waals surface area contributed by atoms with Crippen molar-refractivity contribution < 1.29 is 24.2 Å². The van der Waals surface area contributed by atoms with Crippen molar-refractivity contribution in [3.63, 3.8) is 0 Å². The Morgan fingerprint density at radius 3 is 2.23 bits per heavy atom. The van der Waals surface area contributed by atoms with Gasteiger partial charge in [0, 0.05) is 11.3 Å².